The molecular weight excluding hydrogens is 125 g/mol. The molecule has 1 N–H and O–H groups in total. The fourth-order valence-corrected chi connectivity index (χ4v) is 0.648. The number of hydrogen-bond donors (Lipinski definition) is 1. The second kappa shape index (κ2) is 3.85. The van der Waals surface area contributed by atoms with Gasteiger partial charge in [-0.1, -0.05) is 12.0 Å². The lowest BCUT2D eigenvalue weighted by molar-refractivity contribution is 0.615. The Balaban J connectivity index is 2.67. The highest BCUT2D eigenvalue weighted by Crippen LogP contribution is 1.94. The first kappa shape index (κ1) is 7.03. The number of aromatic nitrogens is 1. The summed E-state index contributed by atoms with van der Waals surface area (Å²) < 4.78 is 0. The van der Waals surface area contributed by atoms with E-state index in [1.807, 2.05) is 18.2 Å². The highest BCUT2D eigenvalue weighted by molar-refractivity contribution is 6.33. The molecule has 0 aliphatic rings. The SMILES string of the molecule is OBC=Cc1ccccn1. The summed E-state index contributed by atoms with van der Waals surface area (Å²) in [6.07, 6.45) is 3.50. The van der Waals surface area contributed by atoms with Crippen LogP contribution in [0.25, 0.3) is 6.08 Å². The van der Waals surface area contributed by atoms with Crippen LogP contribution in [0, 0.1) is 0 Å². The lowest BCUT2D eigenvalue weighted by Gasteiger charge is -1.87. The van der Waals surface area contributed by atoms with Gasteiger partial charge in [0.15, 0.2) is 0 Å². The highest BCUT2D eigenvalue weighted by Gasteiger charge is 1.81. The van der Waals surface area contributed by atoms with E-state index >= 15 is 0 Å². The van der Waals surface area contributed by atoms with Gasteiger partial charge in [0.25, 0.3) is 7.48 Å². The van der Waals surface area contributed by atoms with Gasteiger partial charge in [-0.05, 0) is 18.2 Å². The molecule has 2 nitrogen and oxygen atoms in total. The largest absolute Gasteiger partial charge is 0.450 e. The third-order valence-corrected chi connectivity index (χ3v) is 1.08. The van der Waals surface area contributed by atoms with Gasteiger partial charge in [-0.25, -0.2) is 0 Å². The Hall–Kier alpha value is -1.09. The summed E-state index contributed by atoms with van der Waals surface area (Å²) in [6, 6.07) is 5.65. The van der Waals surface area contributed by atoms with Crippen molar-refractivity contribution in [2.24, 2.45) is 0 Å². The minimum Gasteiger partial charge on any atom is -0.450 e. The molecule has 1 aromatic heterocycles. The van der Waals surface area contributed by atoms with Crippen molar-refractivity contribution in [3.8, 4) is 0 Å². The Kier molecular flexibility index (Phi) is 2.71. The van der Waals surface area contributed by atoms with Crippen LogP contribution >= 0.6 is 0 Å². The number of pyridine rings is 1. The normalized spacial score (nSPS) is 10.1. The third kappa shape index (κ3) is 2.03. The Morgan fingerprint density at radius 3 is 3.00 bits per heavy atom. The van der Waals surface area contributed by atoms with Crippen LogP contribution < -0.4 is 0 Å². The van der Waals surface area contributed by atoms with E-state index in [0.29, 0.717) is 0 Å². The summed E-state index contributed by atoms with van der Waals surface area (Å²) >= 11 is 0. The average Bonchev–Trinajstić information content (AvgIpc) is 2.03. The highest BCUT2D eigenvalue weighted by atomic mass is 16.2. The molecule has 10 heavy (non-hydrogen) atoms. The van der Waals surface area contributed by atoms with Crippen molar-refractivity contribution in [3.05, 3.63) is 36.1 Å². The van der Waals surface area contributed by atoms with Gasteiger partial charge < -0.3 is 5.02 Å². The van der Waals surface area contributed by atoms with E-state index < -0.39 is 0 Å². The number of rotatable bonds is 2. The Morgan fingerprint density at radius 1 is 1.50 bits per heavy atom. The summed E-state index contributed by atoms with van der Waals surface area (Å²) in [6.45, 7) is 0. The van der Waals surface area contributed by atoms with E-state index in [9.17, 15) is 0 Å². The zero-order valence-electron chi connectivity index (χ0n) is 5.57. The molecule has 1 heterocycles. The molecule has 0 radical (unpaired) electrons. The Bertz CT molecular complexity index is 210. The van der Waals surface area contributed by atoms with Crippen LogP contribution in [0.3, 0.4) is 0 Å². The number of nitrogens with zero attached hydrogens (tertiary/aromatic N) is 1. The third-order valence-electron chi connectivity index (χ3n) is 1.08. The standard InChI is InChI=1S/C7H8BNO/c10-8-5-4-7-3-1-2-6-9-7/h1-6,8,10H. The summed E-state index contributed by atoms with van der Waals surface area (Å²) in [5, 5.41) is 8.41. The minimum atomic E-state index is 0.0660. The second-order valence-corrected chi connectivity index (χ2v) is 1.84. The maximum Gasteiger partial charge on any atom is 0.297 e. The van der Waals surface area contributed by atoms with Crippen LogP contribution in [0.1, 0.15) is 5.69 Å². The van der Waals surface area contributed by atoms with Crippen LogP contribution in [-0.4, -0.2) is 17.5 Å². The zero-order valence-corrected chi connectivity index (χ0v) is 5.57. The van der Waals surface area contributed by atoms with Crippen molar-refractivity contribution >= 4 is 13.6 Å². The van der Waals surface area contributed by atoms with Gasteiger partial charge in [0.05, 0.1) is 5.69 Å². The van der Waals surface area contributed by atoms with Gasteiger partial charge in [0, 0.05) is 6.20 Å². The van der Waals surface area contributed by atoms with Crippen LogP contribution in [0.15, 0.2) is 30.4 Å². The molecule has 0 fully saturated rings. The topological polar surface area (TPSA) is 33.1 Å². The van der Waals surface area contributed by atoms with E-state index in [1.165, 1.54) is 0 Å². The quantitative estimate of drug-likeness (QED) is 0.592. The monoisotopic (exact) mass is 133 g/mol. The van der Waals surface area contributed by atoms with Crippen LogP contribution in [0.5, 0.6) is 0 Å². The lowest BCUT2D eigenvalue weighted by Crippen LogP contribution is -1.80. The molecule has 0 aromatic carbocycles. The van der Waals surface area contributed by atoms with E-state index in [1.54, 1.807) is 18.2 Å². The molecule has 50 valence electrons. The Labute approximate surface area is 60.5 Å². The molecular formula is C7H8BNO. The van der Waals surface area contributed by atoms with Gasteiger partial charge in [-0.3, -0.25) is 4.98 Å². The van der Waals surface area contributed by atoms with Crippen molar-refractivity contribution in [1.29, 1.82) is 0 Å². The molecule has 0 aliphatic carbocycles. The summed E-state index contributed by atoms with van der Waals surface area (Å²) in [5.41, 5.74) is 0.872. The zero-order chi connectivity index (χ0) is 7.23. The van der Waals surface area contributed by atoms with Gasteiger partial charge in [-0.2, -0.15) is 0 Å². The van der Waals surface area contributed by atoms with Crippen LogP contribution in [0.2, 0.25) is 0 Å². The first-order valence-corrected chi connectivity index (χ1v) is 3.12. The summed E-state index contributed by atoms with van der Waals surface area (Å²) in [7, 11) is 0.0660. The van der Waals surface area contributed by atoms with Crippen LogP contribution in [0.4, 0.5) is 0 Å². The molecule has 0 saturated heterocycles. The molecule has 0 aliphatic heterocycles. The molecule has 1 rings (SSSR count). The van der Waals surface area contributed by atoms with Crippen molar-refractivity contribution in [2.75, 3.05) is 0 Å². The predicted molar refractivity (Wildman–Crippen MR) is 42.6 cm³/mol. The molecule has 0 bridgehead atoms. The molecule has 1 aromatic rings. The molecule has 0 saturated carbocycles. The van der Waals surface area contributed by atoms with Gasteiger partial charge in [-0.15, -0.1) is 0 Å². The maximum absolute atomic E-state index is 8.41. The Morgan fingerprint density at radius 2 is 2.40 bits per heavy atom. The molecule has 0 unspecified atom stereocenters. The second-order valence-electron chi connectivity index (χ2n) is 1.84. The van der Waals surface area contributed by atoms with Gasteiger partial charge in [0.2, 0.25) is 0 Å². The fraction of sp³-hybridized carbons (Fsp3) is 0. The predicted octanol–water partition coefficient (Wildman–Crippen LogP) is 0.396. The minimum absolute atomic E-state index is 0.0660. The first-order chi connectivity index (χ1) is 4.93. The van der Waals surface area contributed by atoms with Gasteiger partial charge >= 0.3 is 0 Å². The van der Waals surface area contributed by atoms with E-state index in [-0.39, 0.29) is 7.48 Å². The summed E-state index contributed by atoms with van der Waals surface area (Å²) in [5.74, 6) is 1.66. The number of hydrogen-bond acceptors (Lipinski definition) is 2. The van der Waals surface area contributed by atoms with Crippen LogP contribution in [-0.2, 0) is 0 Å². The fourth-order valence-electron chi connectivity index (χ4n) is 0.648. The van der Waals surface area contributed by atoms with Crippen molar-refractivity contribution in [3.63, 3.8) is 0 Å². The molecule has 0 amide bonds. The van der Waals surface area contributed by atoms with E-state index in [4.69, 9.17) is 5.02 Å². The van der Waals surface area contributed by atoms with Crippen molar-refractivity contribution in [1.82, 2.24) is 4.98 Å². The van der Waals surface area contributed by atoms with E-state index in [2.05, 4.69) is 4.98 Å². The van der Waals surface area contributed by atoms with E-state index in [0.717, 1.165) is 5.69 Å². The average molecular weight is 133 g/mol. The molecule has 0 spiro atoms. The molecule has 3 heteroatoms. The smallest absolute Gasteiger partial charge is 0.297 e. The maximum atomic E-state index is 8.41. The van der Waals surface area contributed by atoms with Crippen molar-refractivity contribution in [2.45, 2.75) is 0 Å². The van der Waals surface area contributed by atoms with Gasteiger partial charge in [0.1, 0.15) is 0 Å². The molecule has 0 atom stereocenters. The first-order valence-electron chi connectivity index (χ1n) is 3.12. The summed E-state index contributed by atoms with van der Waals surface area (Å²) in [4.78, 5) is 4.02. The lowest BCUT2D eigenvalue weighted by atomic mass is 10.0. The van der Waals surface area contributed by atoms with Crippen molar-refractivity contribution < 1.29 is 5.02 Å².